The summed E-state index contributed by atoms with van der Waals surface area (Å²) in [7, 11) is 1.57. The van der Waals surface area contributed by atoms with Crippen molar-refractivity contribution in [2.75, 3.05) is 20.3 Å². The van der Waals surface area contributed by atoms with Crippen LogP contribution in [0.15, 0.2) is 24.3 Å². The van der Waals surface area contributed by atoms with Crippen LogP contribution in [0.1, 0.15) is 12.5 Å². The van der Waals surface area contributed by atoms with Gasteiger partial charge >= 0.3 is 0 Å². The highest BCUT2D eigenvalue weighted by atomic mass is 16.6. The van der Waals surface area contributed by atoms with Crippen LogP contribution in [0.5, 0.6) is 0 Å². The van der Waals surface area contributed by atoms with Crippen LogP contribution in [-0.2, 0) is 16.1 Å². The molecule has 0 saturated carbocycles. The van der Waals surface area contributed by atoms with E-state index in [9.17, 15) is 14.9 Å². The van der Waals surface area contributed by atoms with Crippen LogP contribution in [0.25, 0.3) is 0 Å². The zero-order valence-corrected chi connectivity index (χ0v) is 11.6. The van der Waals surface area contributed by atoms with E-state index in [0.29, 0.717) is 13.2 Å². The Kier molecular flexibility index (Phi) is 6.61. The number of carbonyl (C=O) groups is 1. The van der Waals surface area contributed by atoms with Crippen LogP contribution in [0.3, 0.4) is 0 Å². The smallest absolute Gasteiger partial charge is 0.269 e. The third-order valence-electron chi connectivity index (χ3n) is 2.56. The van der Waals surface area contributed by atoms with Crippen LogP contribution >= 0.6 is 0 Å². The lowest BCUT2D eigenvalue weighted by Gasteiger charge is -2.13. The Bertz CT molecular complexity index is 465. The van der Waals surface area contributed by atoms with Crippen molar-refractivity contribution in [2.45, 2.75) is 19.5 Å². The van der Waals surface area contributed by atoms with Crippen LogP contribution in [0.4, 0.5) is 5.69 Å². The second-order valence-electron chi connectivity index (χ2n) is 4.45. The SMILES string of the molecule is COCC(C)NC(=O)CNCc1cccc([N+](=O)[O-])c1. The highest BCUT2D eigenvalue weighted by Gasteiger charge is 2.08. The summed E-state index contributed by atoms with van der Waals surface area (Å²) in [6.45, 7) is 2.85. The number of benzene rings is 1. The minimum atomic E-state index is -0.442. The summed E-state index contributed by atoms with van der Waals surface area (Å²) < 4.78 is 4.91. The van der Waals surface area contributed by atoms with Crippen LogP contribution in [0.2, 0.25) is 0 Å². The van der Waals surface area contributed by atoms with E-state index < -0.39 is 4.92 Å². The molecule has 1 atom stereocenters. The Morgan fingerprint density at radius 3 is 2.90 bits per heavy atom. The zero-order valence-electron chi connectivity index (χ0n) is 11.6. The molecule has 110 valence electrons. The van der Waals surface area contributed by atoms with Crippen molar-refractivity contribution in [3.05, 3.63) is 39.9 Å². The van der Waals surface area contributed by atoms with Crippen molar-refractivity contribution in [1.29, 1.82) is 0 Å². The molecule has 0 heterocycles. The van der Waals surface area contributed by atoms with Gasteiger partial charge in [-0.2, -0.15) is 0 Å². The minimum absolute atomic E-state index is 0.0440. The fourth-order valence-corrected chi connectivity index (χ4v) is 1.72. The fourth-order valence-electron chi connectivity index (χ4n) is 1.72. The summed E-state index contributed by atoms with van der Waals surface area (Å²) in [5, 5.41) is 16.3. The van der Waals surface area contributed by atoms with Crippen molar-refractivity contribution in [2.24, 2.45) is 0 Å². The molecule has 2 N–H and O–H groups in total. The van der Waals surface area contributed by atoms with E-state index in [0.717, 1.165) is 5.56 Å². The van der Waals surface area contributed by atoms with Gasteiger partial charge in [-0.1, -0.05) is 12.1 Å². The number of nitro benzene ring substituents is 1. The molecule has 0 saturated heterocycles. The van der Waals surface area contributed by atoms with E-state index >= 15 is 0 Å². The second-order valence-corrected chi connectivity index (χ2v) is 4.45. The normalized spacial score (nSPS) is 11.9. The van der Waals surface area contributed by atoms with Crippen molar-refractivity contribution in [3.8, 4) is 0 Å². The molecule has 7 nitrogen and oxygen atoms in total. The Morgan fingerprint density at radius 2 is 2.25 bits per heavy atom. The first-order valence-corrected chi connectivity index (χ1v) is 6.25. The second kappa shape index (κ2) is 8.23. The molecular weight excluding hydrogens is 262 g/mol. The van der Waals surface area contributed by atoms with E-state index in [1.54, 1.807) is 19.2 Å². The molecule has 1 unspecified atom stereocenters. The van der Waals surface area contributed by atoms with Gasteiger partial charge in [0.15, 0.2) is 0 Å². The molecule has 0 spiro atoms. The maximum absolute atomic E-state index is 11.6. The number of amides is 1. The number of hydrogen-bond donors (Lipinski definition) is 2. The highest BCUT2D eigenvalue weighted by molar-refractivity contribution is 5.78. The summed E-state index contributed by atoms with van der Waals surface area (Å²) in [6, 6.07) is 6.26. The van der Waals surface area contributed by atoms with Gasteiger partial charge in [-0.15, -0.1) is 0 Å². The quantitative estimate of drug-likeness (QED) is 0.544. The number of ether oxygens (including phenoxy) is 1. The first-order valence-electron chi connectivity index (χ1n) is 6.25. The molecule has 0 bridgehead atoms. The lowest BCUT2D eigenvalue weighted by Crippen LogP contribution is -2.40. The van der Waals surface area contributed by atoms with Gasteiger partial charge in [0, 0.05) is 31.8 Å². The molecule has 0 aliphatic heterocycles. The Morgan fingerprint density at radius 1 is 1.50 bits per heavy atom. The molecule has 7 heteroatoms. The number of hydrogen-bond acceptors (Lipinski definition) is 5. The lowest BCUT2D eigenvalue weighted by molar-refractivity contribution is -0.384. The van der Waals surface area contributed by atoms with E-state index in [1.165, 1.54) is 12.1 Å². The van der Waals surface area contributed by atoms with Gasteiger partial charge in [0.05, 0.1) is 18.1 Å². The molecule has 1 aromatic carbocycles. The summed E-state index contributed by atoms with van der Waals surface area (Å²) in [5.41, 5.74) is 0.805. The minimum Gasteiger partial charge on any atom is -0.383 e. The first-order chi connectivity index (χ1) is 9.52. The molecule has 0 aromatic heterocycles. The number of methoxy groups -OCH3 is 1. The Balaban J connectivity index is 2.35. The van der Waals surface area contributed by atoms with Gasteiger partial charge in [-0.05, 0) is 12.5 Å². The summed E-state index contributed by atoms with van der Waals surface area (Å²) in [5.74, 6) is -0.139. The van der Waals surface area contributed by atoms with Gasteiger partial charge in [0.2, 0.25) is 5.91 Å². The summed E-state index contributed by atoms with van der Waals surface area (Å²) >= 11 is 0. The van der Waals surface area contributed by atoms with E-state index in [1.807, 2.05) is 6.92 Å². The maximum atomic E-state index is 11.6. The molecular formula is C13H19N3O4. The van der Waals surface area contributed by atoms with Crippen molar-refractivity contribution < 1.29 is 14.5 Å². The first kappa shape index (κ1) is 16.1. The maximum Gasteiger partial charge on any atom is 0.269 e. The molecule has 20 heavy (non-hydrogen) atoms. The average Bonchev–Trinajstić information content (AvgIpc) is 2.39. The van der Waals surface area contributed by atoms with E-state index in [-0.39, 0.29) is 24.2 Å². The Hall–Kier alpha value is -1.99. The highest BCUT2D eigenvalue weighted by Crippen LogP contribution is 2.12. The number of carbonyl (C=O) groups excluding carboxylic acids is 1. The van der Waals surface area contributed by atoms with Crippen molar-refractivity contribution in [1.82, 2.24) is 10.6 Å². The van der Waals surface area contributed by atoms with Gasteiger partial charge in [0.1, 0.15) is 0 Å². The molecule has 0 aliphatic carbocycles. The molecule has 0 fully saturated rings. The van der Waals surface area contributed by atoms with E-state index in [4.69, 9.17) is 4.74 Å². The lowest BCUT2D eigenvalue weighted by atomic mass is 10.2. The van der Waals surface area contributed by atoms with Gasteiger partial charge in [-0.3, -0.25) is 14.9 Å². The van der Waals surface area contributed by atoms with Gasteiger partial charge in [0.25, 0.3) is 5.69 Å². The van der Waals surface area contributed by atoms with Crippen LogP contribution in [-0.4, -0.2) is 37.1 Å². The number of nitrogens with one attached hydrogen (secondary N) is 2. The molecule has 1 amide bonds. The number of nitro groups is 1. The van der Waals surface area contributed by atoms with Crippen LogP contribution < -0.4 is 10.6 Å². The third-order valence-corrected chi connectivity index (χ3v) is 2.56. The number of rotatable bonds is 8. The van der Waals surface area contributed by atoms with E-state index in [2.05, 4.69) is 10.6 Å². The number of non-ortho nitro benzene ring substituents is 1. The van der Waals surface area contributed by atoms with Crippen molar-refractivity contribution in [3.63, 3.8) is 0 Å². The zero-order chi connectivity index (χ0) is 15.0. The number of nitrogens with zero attached hydrogens (tertiary/aromatic N) is 1. The van der Waals surface area contributed by atoms with Gasteiger partial charge in [-0.25, -0.2) is 0 Å². The summed E-state index contributed by atoms with van der Waals surface area (Å²) in [6.07, 6.45) is 0. The van der Waals surface area contributed by atoms with Crippen LogP contribution in [0, 0.1) is 10.1 Å². The standard InChI is InChI=1S/C13H19N3O4/c1-10(9-20-2)15-13(17)8-14-7-11-4-3-5-12(6-11)16(18)19/h3-6,10,14H,7-9H2,1-2H3,(H,15,17). The predicted octanol–water partition coefficient (Wildman–Crippen LogP) is 0.836. The summed E-state index contributed by atoms with van der Waals surface area (Å²) in [4.78, 5) is 21.7. The topological polar surface area (TPSA) is 93.5 Å². The molecule has 0 radical (unpaired) electrons. The molecule has 1 aromatic rings. The molecule has 1 rings (SSSR count). The largest absolute Gasteiger partial charge is 0.383 e. The average molecular weight is 281 g/mol. The predicted molar refractivity (Wildman–Crippen MR) is 74.3 cm³/mol. The van der Waals surface area contributed by atoms with Gasteiger partial charge < -0.3 is 15.4 Å². The third kappa shape index (κ3) is 5.77. The Labute approximate surface area is 117 Å². The van der Waals surface area contributed by atoms with Crippen molar-refractivity contribution >= 4 is 11.6 Å². The monoisotopic (exact) mass is 281 g/mol. The fraction of sp³-hybridized carbons (Fsp3) is 0.462. The molecule has 0 aliphatic rings.